The Bertz CT molecular complexity index is 1140. The summed E-state index contributed by atoms with van der Waals surface area (Å²) in [6, 6.07) is 15.4. The minimum atomic E-state index is -0.294. The fourth-order valence-electron chi connectivity index (χ4n) is 4.15. The molecule has 0 radical (unpaired) electrons. The molecule has 164 valence electrons. The summed E-state index contributed by atoms with van der Waals surface area (Å²) < 4.78 is 18.5. The highest BCUT2D eigenvalue weighted by atomic mass is 19.1. The van der Waals surface area contributed by atoms with Crippen LogP contribution in [0.15, 0.2) is 59.1 Å². The van der Waals surface area contributed by atoms with Gasteiger partial charge in [0.1, 0.15) is 11.6 Å². The summed E-state index contributed by atoms with van der Waals surface area (Å²) >= 11 is 0. The number of amides is 2. The Labute approximate surface area is 185 Å². The Kier molecular flexibility index (Phi) is 5.47. The third kappa shape index (κ3) is 4.42. The number of aromatic nitrogens is 1. The van der Waals surface area contributed by atoms with E-state index in [-0.39, 0.29) is 23.5 Å². The standard InChI is InChI=1S/C25H24FN3O3/c26-20-10-8-16(9-11-20)18-3-1-5-21(13-18)27-24(30)19-4-2-12-29(15-19)25(31)22-14-23(32-28-22)17-6-7-17/h1,3,5,8-11,13-14,17,19H,2,4,6-7,12,15H2,(H,27,30). The third-order valence-corrected chi connectivity index (χ3v) is 6.11. The molecular formula is C25H24FN3O3. The van der Waals surface area contributed by atoms with Crippen LogP contribution in [0.5, 0.6) is 0 Å². The number of benzene rings is 2. The Morgan fingerprint density at radius 3 is 2.62 bits per heavy atom. The second-order valence-corrected chi connectivity index (χ2v) is 8.56. The van der Waals surface area contributed by atoms with Crippen molar-refractivity contribution in [3.63, 3.8) is 0 Å². The van der Waals surface area contributed by atoms with Gasteiger partial charge in [-0.3, -0.25) is 9.59 Å². The molecule has 6 nitrogen and oxygen atoms in total. The van der Waals surface area contributed by atoms with Crippen LogP contribution in [0.4, 0.5) is 10.1 Å². The highest BCUT2D eigenvalue weighted by Gasteiger charge is 2.32. The van der Waals surface area contributed by atoms with Crippen molar-refractivity contribution in [1.82, 2.24) is 10.1 Å². The van der Waals surface area contributed by atoms with Crippen LogP contribution in [0, 0.1) is 11.7 Å². The zero-order chi connectivity index (χ0) is 22.1. The van der Waals surface area contributed by atoms with Crippen LogP contribution in [0.25, 0.3) is 11.1 Å². The van der Waals surface area contributed by atoms with E-state index in [1.165, 1.54) is 12.1 Å². The molecule has 0 spiro atoms. The van der Waals surface area contributed by atoms with E-state index < -0.39 is 0 Å². The van der Waals surface area contributed by atoms with Gasteiger partial charge in [0.2, 0.25) is 5.91 Å². The summed E-state index contributed by atoms with van der Waals surface area (Å²) in [5, 5.41) is 6.92. The van der Waals surface area contributed by atoms with E-state index in [0.717, 1.165) is 42.6 Å². The first kappa shape index (κ1) is 20.4. The average Bonchev–Trinajstić information content (AvgIpc) is 3.56. The molecule has 5 rings (SSSR count). The smallest absolute Gasteiger partial charge is 0.276 e. The topological polar surface area (TPSA) is 75.4 Å². The molecule has 1 aliphatic carbocycles. The van der Waals surface area contributed by atoms with E-state index in [0.29, 0.717) is 30.4 Å². The molecule has 1 N–H and O–H groups in total. The lowest BCUT2D eigenvalue weighted by Gasteiger charge is -2.31. The number of nitrogens with one attached hydrogen (secondary N) is 1. The van der Waals surface area contributed by atoms with Gasteiger partial charge in [-0.1, -0.05) is 29.4 Å². The molecule has 1 atom stereocenters. The van der Waals surface area contributed by atoms with E-state index in [1.807, 2.05) is 24.3 Å². The van der Waals surface area contributed by atoms with Gasteiger partial charge in [0, 0.05) is 30.8 Å². The van der Waals surface area contributed by atoms with E-state index in [2.05, 4.69) is 10.5 Å². The van der Waals surface area contributed by atoms with Crippen LogP contribution < -0.4 is 5.32 Å². The normalized spacial score (nSPS) is 18.4. The molecule has 32 heavy (non-hydrogen) atoms. The third-order valence-electron chi connectivity index (χ3n) is 6.11. The Morgan fingerprint density at radius 2 is 1.84 bits per heavy atom. The number of nitrogens with zero attached hydrogens (tertiary/aromatic N) is 2. The maximum absolute atomic E-state index is 13.2. The lowest BCUT2D eigenvalue weighted by Crippen LogP contribution is -2.43. The van der Waals surface area contributed by atoms with E-state index in [1.54, 1.807) is 23.1 Å². The first-order valence-electron chi connectivity index (χ1n) is 11.0. The van der Waals surface area contributed by atoms with E-state index in [9.17, 15) is 14.0 Å². The van der Waals surface area contributed by atoms with Crippen LogP contribution in [-0.4, -0.2) is 35.0 Å². The quantitative estimate of drug-likeness (QED) is 0.624. The molecule has 3 aromatic rings. The minimum absolute atomic E-state index is 0.113. The van der Waals surface area contributed by atoms with Gasteiger partial charge in [-0.2, -0.15) is 0 Å². The minimum Gasteiger partial charge on any atom is -0.360 e. The number of carbonyl (C=O) groups is 2. The predicted molar refractivity (Wildman–Crippen MR) is 118 cm³/mol. The molecule has 1 saturated carbocycles. The number of carbonyl (C=O) groups excluding carboxylic acids is 2. The lowest BCUT2D eigenvalue weighted by atomic mass is 9.96. The molecule has 1 unspecified atom stereocenters. The van der Waals surface area contributed by atoms with Crippen LogP contribution in [0.1, 0.15) is 47.8 Å². The number of piperidine rings is 1. The number of halogens is 1. The predicted octanol–water partition coefficient (Wildman–Crippen LogP) is 4.85. The molecule has 0 bridgehead atoms. The summed E-state index contributed by atoms with van der Waals surface area (Å²) in [6.07, 6.45) is 3.64. The molecule has 2 aromatic carbocycles. The van der Waals surface area contributed by atoms with Crippen LogP contribution in [0.3, 0.4) is 0 Å². The van der Waals surface area contributed by atoms with Gasteiger partial charge < -0.3 is 14.7 Å². The first-order valence-corrected chi connectivity index (χ1v) is 11.0. The number of hydrogen-bond donors (Lipinski definition) is 1. The van der Waals surface area contributed by atoms with Crippen molar-refractivity contribution in [3.05, 3.63) is 71.9 Å². The molecule has 2 heterocycles. The van der Waals surface area contributed by atoms with Gasteiger partial charge in [-0.15, -0.1) is 0 Å². The summed E-state index contributed by atoms with van der Waals surface area (Å²) in [7, 11) is 0. The molecule has 1 aliphatic heterocycles. The van der Waals surface area contributed by atoms with Crippen molar-refractivity contribution in [1.29, 1.82) is 0 Å². The monoisotopic (exact) mass is 433 g/mol. The molecular weight excluding hydrogens is 409 g/mol. The highest BCUT2D eigenvalue weighted by molar-refractivity contribution is 5.95. The van der Waals surface area contributed by atoms with Gasteiger partial charge >= 0.3 is 0 Å². The van der Waals surface area contributed by atoms with Crippen molar-refractivity contribution in [2.24, 2.45) is 5.92 Å². The zero-order valence-electron chi connectivity index (χ0n) is 17.6. The fourth-order valence-corrected chi connectivity index (χ4v) is 4.15. The van der Waals surface area contributed by atoms with E-state index >= 15 is 0 Å². The molecule has 2 aliphatic rings. The van der Waals surface area contributed by atoms with Crippen molar-refractivity contribution in [2.45, 2.75) is 31.6 Å². The van der Waals surface area contributed by atoms with Crippen LogP contribution in [0.2, 0.25) is 0 Å². The number of likely N-dealkylation sites (tertiary alicyclic amines) is 1. The van der Waals surface area contributed by atoms with Crippen LogP contribution >= 0.6 is 0 Å². The molecule has 7 heteroatoms. The highest BCUT2D eigenvalue weighted by Crippen LogP contribution is 2.40. The molecule has 1 aromatic heterocycles. The lowest BCUT2D eigenvalue weighted by molar-refractivity contribution is -0.121. The maximum atomic E-state index is 13.2. The molecule has 1 saturated heterocycles. The molecule has 2 fully saturated rings. The zero-order valence-corrected chi connectivity index (χ0v) is 17.6. The van der Waals surface area contributed by atoms with Crippen molar-refractivity contribution in [2.75, 3.05) is 18.4 Å². The average molecular weight is 433 g/mol. The summed E-state index contributed by atoms with van der Waals surface area (Å²) in [5.74, 6) is 0.297. The summed E-state index contributed by atoms with van der Waals surface area (Å²) in [6.45, 7) is 0.961. The maximum Gasteiger partial charge on any atom is 0.276 e. The Balaban J connectivity index is 1.24. The van der Waals surface area contributed by atoms with Crippen LogP contribution in [-0.2, 0) is 4.79 Å². The fraction of sp³-hybridized carbons (Fsp3) is 0.320. The molecule has 2 amide bonds. The summed E-state index contributed by atoms with van der Waals surface area (Å²) in [5.41, 5.74) is 2.75. The first-order chi connectivity index (χ1) is 15.6. The largest absolute Gasteiger partial charge is 0.360 e. The van der Waals surface area contributed by atoms with Gasteiger partial charge in [0.25, 0.3) is 5.91 Å². The van der Waals surface area contributed by atoms with Gasteiger partial charge in [0.15, 0.2) is 5.69 Å². The van der Waals surface area contributed by atoms with Crippen molar-refractivity contribution >= 4 is 17.5 Å². The number of rotatable bonds is 5. The van der Waals surface area contributed by atoms with Crippen molar-refractivity contribution in [3.8, 4) is 11.1 Å². The number of anilines is 1. The van der Waals surface area contributed by atoms with Crippen molar-refractivity contribution < 1.29 is 18.5 Å². The summed E-state index contributed by atoms with van der Waals surface area (Å²) in [4.78, 5) is 27.5. The Morgan fingerprint density at radius 1 is 1.03 bits per heavy atom. The van der Waals surface area contributed by atoms with Gasteiger partial charge in [0.05, 0.1) is 5.92 Å². The SMILES string of the molecule is O=C(Nc1cccc(-c2ccc(F)cc2)c1)C1CCCN(C(=O)c2cc(C3CC3)on2)C1. The van der Waals surface area contributed by atoms with Gasteiger partial charge in [-0.25, -0.2) is 4.39 Å². The number of hydrogen-bond acceptors (Lipinski definition) is 4. The second kappa shape index (κ2) is 8.57. The second-order valence-electron chi connectivity index (χ2n) is 8.56. The van der Waals surface area contributed by atoms with Gasteiger partial charge in [-0.05, 0) is 61.1 Å². The Hall–Kier alpha value is -3.48. The van der Waals surface area contributed by atoms with E-state index in [4.69, 9.17) is 4.52 Å².